The minimum Gasteiger partial charge on any atom is -0.497 e. The summed E-state index contributed by atoms with van der Waals surface area (Å²) in [5.74, 6) is 2.52. The fourth-order valence-electron chi connectivity index (χ4n) is 2.63. The van der Waals surface area contributed by atoms with Crippen molar-refractivity contribution in [3.05, 3.63) is 46.7 Å². The average molecular weight is 446 g/mol. The van der Waals surface area contributed by atoms with Crippen molar-refractivity contribution in [1.82, 2.24) is 20.4 Å². The van der Waals surface area contributed by atoms with Crippen LogP contribution < -0.4 is 10.1 Å². The molecule has 0 aliphatic rings. The molecule has 0 saturated carbocycles. The van der Waals surface area contributed by atoms with Crippen LogP contribution in [-0.2, 0) is 12.2 Å². The van der Waals surface area contributed by atoms with Gasteiger partial charge in [0.05, 0.1) is 17.7 Å². The molecule has 10 heteroatoms. The number of methoxy groups -OCH3 is 1. The molecule has 0 aliphatic carbocycles. The van der Waals surface area contributed by atoms with E-state index in [-0.39, 0.29) is 0 Å². The molecule has 1 aromatic carbocycles. The zero-order valence-corrected chi connectivity index (χ0v) is 18.6. The minimum absolute atomic E-state index is 0.551. The largest absolute Gasteiger partial charge is 0.497 e. The second-order valence-corrected chi connectivity index (χ2v) is 9.42. The number of hydrogen-bond acceptors (Lipinski definition) is 10. The molecule has 4 aromatic rings. The molecule has 29 heavy (non-hydrogen) atoms. The Hall–Kier alpha value is -2.43. The first-order chi connectivity index (χ1) is 14.1. The Balaban J connectivity index is 1.35. The standard InChI is InChI=1S/C19H19N5O2S3/c1-4-14-11(2)9-15(28-14)17-22-21-16(26-17)10-27-19-24-23-18(29-19)20-12-5-7-13(25-3)8-6-12/h5-9H,4,10H2,1-3H3,(H,20,23). The number of aryl methyl sites for hydroxylation is 2. The van der Waals surface area contributed by atoms with E-state index in [2.05, 4.69) is 45.6 Å². The predicted octanol–water partition coefficient (Wildman–Crippen LogP) is 5.56. The highest BCUT2D eigenvalue weighted by Crippen LogP contribution is 2.33. The van der Waals surface area contributed by atoms with Crippen molar-refractivity contribution in [3.8, 4) is 16.5 Å². The predicted molar refractivity (Wildman–Crippen MR) is 117 cm³/mol. The summed E-state index contributed by atoms with van der Waals surface area (Å²) in [6, 6.07) is 9.76. The van der Waals surface area contributed by atoms with Crippen LogP contribution in [0.25, 0.3) is 10.8 Å². The van der Waals surface area contributed by atoms with Crippen molar-refractivity contribution < 1.29 is 9.15 Å². The maximum Gasteiger partial charge on any atom is 0.257 e. The Morgan fingerprint density at radius 3 is 2.66 bits per heavy atom. The normalized spacial score (nSPS) is 11.0. The van der Waals surface area contributed by atoms with Crippen LogP contribution in [0.1, 0.15) is 23.3 Å². The number of nitrogens with zero attached hydrogens (tertiary/aromatic N) is 4. The molecule has 3 aromatic heterocycles. The fourth-order valence-corrected chi connectivity index (χ4v) is 5.27. The summed E-state index contributed by atoms with van der Waals surface area (Å²) >= 11 is 4.71. The van der Waals surface area contributed by atoms with Crippen LogP contribution in [-0.4, -0.2) is 27.5 Å². The van der Waals surface area contributed by atoms with Crippen LogP contribution in [0, 0.1) is 6.92 Å². The molecule has 0 saturated heterocycles. The summed E-state index contributed by atoms with van der Waals surface area (Å²) in [6.07, 6.45) is 1.01. The molecule has 0 atom stereocenters. The zero-order valence-electron chi connectivity index (χ0n) is 16.1. The molecule has 0 fully saturated rings. The Morgan fingerprint density at radius 2 is 1.93 bits per heavy atom. The fraction of sp³-hybridized carbons (Fsp3) is 0.263. The van der Waals surface area contributed by atoms with E-state index >= 15 is 0 Å². The monoisotopic (exact) mass is 445 g/mol. The lowest BCUT2D eigenvalue weighted by Crippen LogP contribution is -1.89. The van der Waals surface area contributed by atoms with E-state index in [1.165, 1.54) is 33.5 Å². The third kappa shape index (κ3) is 4.77. The molecule has 0 radical (unpaired) electrons. The number of anilines is 2. The highest BCUT2D eigenvalue weighted by atomic mass is 32.2. The van der Waals surface area contributed by atoms with Crippen LogP contribution in [0.15, 0.2) is 39.1 Å². The second-order valence-electron chi connectivity index (χ2n) is 6.09. The highest BCUT2D eigenvalue weighted by molar-refractivity contribution is 8.00. The van der Waals surface area contributed by atoms with E-state index in [0.717, 1.165) is 32.2 Å². The van der Waals surface area contributed by atoms with Crippen molar-refractivity contribution in [1.29, 1.82) is 0 Å². The van der Waals surface area contributed by atoms with Crippen LogP contribution in [0.2, 0.25) is 0 Å². The van der Waals surface area contributed by atoms with Gasteiger partial charge in [-0.15, -0.1) is 31.7 Å². The summed E-state index contributed by atoms with van der Waals surface area (Å²) in [5, 5.41) is 20.7. The van der Waals surface area contributed by atoms with Crippen LogP contribution in [0.3, 0.4) is 0 Å². The molecule has 1 N–H and O–H groups in total. The zero-order chi connectivity index (χ0) is 20.2. The molecule has 3 heterocycles. The number of benzene rings is 1. The van der Waals surface area contributed by atoms with Crippen molar-refractivity contribution in [3.63, 3.8) is 0 Å². The minimum atomic E-state index is 0.551. The van der Waals surface area contributed by atoms with E-state index in [1.807, 2.05) is 24.3 Å². The van der Waals surface area contributed by atoms with Gasteiger partial charge in [0.15, 0.2) is 4.34 Å². The Kier molecular flexibility index (Phi) is 6.12. The molecule has 150 valence electrons. The van der Waals surface area contributed by atoms with E-state index in [9.17, 15) is 0 Å². The van der Waals surface area contributed by atoms with Gasteiger partial charge in [-0.2, -0.15) is 0 Å². The third-order valence-electron chi connectivity index (χ3n) is 4.09. The number of nitrogens with one attached hydrogen (secondary N) is 1. The van der Waals surface area contributed by atoms with Crippen molar-refractivity contribution in [2.24, 2.45) is 0 Å². The average Bonchev–Trinajstić information content (AvgIpc) is 3.46. The highest BCUT2D eigenvalue weighted by Gasteiger charge is 2.14. The van der Waals surface area contributed by atoms with Gasteiger partial charge in [0.25, 0.3) is 5.89 Å². The van der Waals surface area contributed by atoms with Gasteiger partial charge in [-0.25, -0.2) is 0 Å². The third-order valence-corrected chi connectivity index (χ3v) is 7.41. The Morgan fingerprint density at radius 1 is 1.10 bits per heavy atom. The first kappa shape index (κ1) is 19.9. The molecular formula is C19H19N5O2S3. The lowest BCUT2D eigenvalue weighted by molar-refractivity contribution is 0.415. The Labute approximate surface area is 180 Å². The molecule has 0 spiro atoms. The van der Waals surface area contributed by atoms with Gasteiger partial charge in [0.2, 0.25) is 11.0 Å². The lowest BCUT2D eigenvalue weighted by atomic mass is 10.2. The van der Waals surface area contributed by atoms with Crippen molar-refractivity contribution >= 4 is 45.3 Å². The number of hydrogen-bond donors (Lipinski definition) is 1. The molecule has 0 unspecified atom stereocenters. The summed E-state index contributed by atoms with van der Waals surface area (Å²) in [4.78, 5) is 2.37. The summed E-state index contributed by atoms with van der Waals surface area (Å²) in [6.45, 7) is 4.26. The quantitative estimate of drug-likeness (QED) is 0.353. The topological polar surface area (TPSA) is 86.0 Å². The first-order valence-corrected chi connectivity index (χ1v) is 11.6. The first-order valence-electron chi connectivity index (χ1n) is 8.94. The van der Waals surface area contributed by atoms with Gasteiger partial charge < -0.3 is 14.5 Å². The van der Waals surface area contributed by atoms with Crippen molar-refractivity contribution in [2.75, 3.05) is 12.4 Å². The van der Waals surface area contributed by atoms with Crippen LogP contribution in [0.4, 0.5) is 10.8 Å². The molecule has 7 nitrogen and oxygen atoms in total. The van der Waals surface area contributed by atoms with Crippen LogP contribution >= 0.6 is 34.4 Å². The van der Waals surface area contributed by atoms with E-state index in [1.54, 1.807) is 18.4 Å². The maximum absolute atomic E-state index is 5.82. The lowest BCUT2D eigenvalue weighted by Gasteiger charge is -2.03. The van der Waals surface area contributed by atoms with Gasteiger partial charge in [-0.05, 0) is 49.2 Å². The number of aromatic nitrogens is 4. The van der Waals surface area contributed by atoms with Gasteiger partial charge in [-0.3, -0.25) is 0 Å². The summed E-state index contributed by atoms with van der Waals surface area (Å²) in [7, 11) is 1.65. The van der Waals surface area contributed by atoms with Gasteiger partial charge >= 0.3 is 0 Å². The molecule has 0 bridgehead atoms. The SMILES string of the molecule is CCc1sc(-c2nnc(CSc3nnc(Nc4ccc(OC)cc4)s3)o2)cc1C. The van der Waals surface area contributed by atoms with E-state index in [4.69, 9.17) is 9.15 Å². The van der Waals surface area contributed by atoms with Crippen LogP contribution in [0.5, 0.6) is 5.75 Å². The molecule has 4 rings (SSSR count). The number of thioether (sulfide) groups is 1. The Bertz CT molecular complexity index is 1090. The summed E-state index contributed by atoms with van der Waals surface area (Å²) < 4.78 is 11.8. The van der Waals surface area contributed by atoms with Gasteiger partial charge in [0, 0.05) is 10.6 Å². The maximum atomic E-state index is 5.82. The molecular weight excluding hydrogens is 426 g/mol. The van der Waals surface area contributed by atoms with Gasteiger partial charge in [-0.1, -0.05) is 30.0 Å². The number of rotatable bonds is 8. The number of ether oxygens (including phenoxy) is 1. The van der Waals surface area contributed by atoms with E-state index in [0.29, 0.717) is 17.5 Å². The van der Waals surface area contributed by atoms with E-state index < -0.39 is 0 Å². The number of thiophene rings is 1. The van der Waals surface area contributed by atoms with Gasteiger partial charge in [0.1, 0.15) is 5.75 Å². The smallest absolute Gasteiger partial charge is 0.257 e. The molecule has 0 aliphatic heterocycles. The molecule has 0 amide bonds. The van der Waals surface area contributed by atoms with Crippen molar-refractivity contribution in [2.45, 2.75) is 30.4 Å². The second kappa shape index (κ2) is 8.93. The summed E-state index contributed by atoms with van der Waals surface area (Å²) in [5.41, 5.74) is 2.20.